The van der Waals surface area contributed by atoms with Crippen LogP contribution < -0.4 is 5.32 Å². The lowest BCUT2D eigenvalue weighted by atomic mass is 10.1. The van der Waals surface area contributed by atoms with Crippen molar-refractivity contribution in [1.29, 1.82) is 5.26 Å². The highest BCUT2D eigenvalue weighted by Crippen LogP contribution is 2.18. The summed E-state index contributed by atoms with van der Waals surface area (Å²) in [5.41, 5.74) is 1.91. The molecule has 2 aromatic rings. The van der Waals surface area contributed by atoms with E-state index in [1.807, 2.05) is 26.0 Å². The zero-order valence-electron chi connectivity index (χ0n) is 12.7. The molecule has 1 aromatic carbocycles. The van der Waals surface area contributed by atoms with Gasteiger partial charge in [0, 0.05) is 30.5 Å². The summed E-state index contributed by atoms with van der Waals surface area (Å²) in [6.07, 6.45) is 1.63. The number of hydrogen-bond donors (Lipinski definition) is 1. The number of hydrogen-bond acceptors (Lipinski definition) is 4. The number of pyridine rings is 1. The van der Waals surface area contributed by atoms with Gasteiger partial charge in [0.05, 0.1) is 5.56 Å². The molecule has 112 valence electrons. The van der Waals surface area contributed by atoms with Crippen LogP contribution in [-0.4, -0.2) is 28.9 Å². The van der Waals surface area contributed by atoms with E-state index in [0.29, 0.717) is 30.0 Å². The average molecular weight is 294 g/mol. The van der Waals surface area contributed by atoms with Gasteiger partial charge in [0.25, 0.3) is 5.91 Å². The van der Waals surface area contributed by atoms with Gasteiger partial charge in [-0.2, -0.15) is 5.26 Å². The minimum absolute atomic E-state index is 0.0205. The number of carbonyl (C=O) groups is 1. The monoisotopic (exact) mass is 294 g/mol. The van der Waals surface area contributed by atoms with Crippen molar-refractivity contribution in [2.75, 3.05) is 18.4 Å². The molecular formula is C17H18N4O. The SMILES string of the molecule is CCN(CC)C(=O)c1ccc(Nc2ncccc2C#N)cc1. The summed E-state index contributed by atoms with van der Waals surface area (Å²) < 4.78 is 0. The van der Waals surface area contributed by atoms with Crippen LogP contribution in [0, 0.1) is 11.3 Å². The maximum Gasteiger partial charge on any atom is 0.253 e. The van der Waals surface area contributed by atoms with Crippen LogP contribution >= 0.6 is 0 Å². The zero-order chi connectivity index (χ0) is 15.9. The Hall–Kier alpha value is -2.87. The lowest BCUT2D eigenvalue weighted by Crippen LogP contribution is -2.30. The van der Waals surface area contributed by atoms with Crippen LogP contribution in [0.2, 0.25) is 0 Å². The van der Waals surface area contributed by atoms with E-state index in [4.69, 9.17) is 5.26 Å². The van der Waals surface area contributed by atoms with Crippen molar-refractivity contribution in [3.63, 3.8) is 0 Å². The molecule has 0 spiro atoms. The van der Waals surface area contributed by atoms with Crippen LogP contribution in [0.25, 0.3) is 0 Å². The van der Waals surface area contributed by atoms with Gasteiger partial charge in [-0.25, -0.2) is 4.98 Å². The molecule has 22 heavy (non-hydrogen) atoms. The van der Waals surface area contributed by atoms with E-state index in [1.54, 1.807) is 35.4 Å². The molecular weight excluding hydrogens is 276 g/mol. The van der Waals surface area contributed by atoms with Crippen LogP contribution in [0.3, 0.4) is 0 Å². The quantitative estimate of drug-likeness (QED) is 0.919. The average Bonchev–Trinajstić information content (AvgIpc) is 2.57. The Labute approximate surface area is 130 Å². The summed E-state index contributed by atoms with van der Waals surface area (Å²) in [6, 6.07) is 12.7. The number of nitriles is 1. The van der Waals surface area contributed by atoms with Crippen LogP contribution in [0.4, 0.5) is 11.5 Å². The van der Waals surface area contributed by atoms with E-state index in [1.165, 1.54) is 0 Å². The van der Waals surface area contributed by atoms with Crippen molar-refractivity contribution in [2.45, 2.75) is 13.8 Å². The molecule has 0 saturated heterocycles. The fourth-order valence-corrected chi connectivity index (χ4v) is 2.12. The van der Waals surface area contributed by atoms with Crippen molar-refractivity contribution in [3.8, 4) is 6.07 Å². The fourth-order valence-electron chi connectivity index (χ4n) is 2.12. The summed E-state index contributed by atoms with van der Waals surface area (Å²) in [6.45, 7) is 5.30. The van der Waals surface area contributed by atoms with E-state index in [0.717, 1.165) is 5.69 Å². The highest BCUT2D eigenvalue weighted by Gasteiger charge is 2.12. The number of nitrogens with zero attached hydrogens (tertiary/aromatic N) is 3. The molecule has 0 aliphatic rings. The minimum atomic E-state index is 0.0205. The van der Waals surface area contributed by atoms with E-state index in [9.17, 15) is 4.79 Å². The summed E-state index contributed by atoms with van der Waals surface area (Å²) in [7, 11) is 0. The second-order valence-electron chi connectivity index (χ2n) is 4.69. The molecule has 0 saturated carbocycles. The number of anilines is 2. The predicted octanol–water partition coefficient (Wildman–Crippen LogP) is 3.18. The highest BCUT2D eigenvalue weighted by atomic mass is 16.2. The van der Waals surface area contributed by atoms with Gasteiger partial charge in [0.1, 0.15) is 11.9 Å². The van der Waals surface area contributed by atoms with Gasteiger partial charge in [-0.3, -0.25) is 4.79 Å². The molecule has 5 heteroatoms. The van der Waals surface area contributed by atoms with Gasteiger partial charge in [-0.1, -0.05) is 0 Å². The Morgan fingerprint density at radius 2 is 1.91 bits per heavy atom. The second kappa shape index (κ2) is 7.23. The lowest BCUT2D eigenvalue weighted by molar-refractivity contribution is 0.0773. The first-order chi connectivity index (χ1) is 10.7. The Bertz CT molecular complexity index is 685. The van der Waals surface area contributed by atoms with Crippen molar-refractivity contribution in [2.24, 2.45) is 0 Å². The number of rotatable bonds is 5. The van der Waals surface area contributed by atoms with Gasteiger partial charge >= 0.3 is 0 Å². The van der Waals surface area contributed by atoms with Crippen LogP contribution in [-0.2, 0) is 0 Å². The second-order valence-corrected chi connectivity index (χ2v) is 4.69. The Kier molecular flexibility index (Phi) is 5.10. The molecule has 0 fully saturated rings. The molecule has 0 radical (unpaired) electrons. The molecule has 0 unspecified atom stereocenters. The summed E-state index contributed by atoms with van der Waals surface area (Å²) in [4.78, 5) is 18.1. The summed E-state index contributed by atoms with van der Waals surface area (Å²) in [5.74, 6) is 0.528. The third-order valence-corrected chi connectivity index (χ3v) is 3.37. The van der Waals surface area contributed by atoms with Crippen molar-refractivity contribution in [3.05, 3.63) is 53.7 Å². The zero-order valence-corrected chi connectivity index (χ0v) is 12.7. The Morgan fingerprint density at radius 1 is 1.23 bits per heavy atom. The van der Waals surface area contributed by atoms with Crippen LogP contribution in [0.1, 0.15) is 29.8 Å². The number of carbonyl (C=O) groups excluding carboxylic acids is 1. The Balaban J connectivity index is 2.16. The Morgan fingerprint density at radius 3 is 2.50 bits per heavy atom. The molecule has 1 aromatic heterocycles. The largest absolute Gasteiger partial charge is 0.339 e. The van der Waals surface area contributed by atoms with E-state index in [-0.39, 0.29) is 5.91 Å². The number of nitrogens with one attached hydrogen (secondary N) is 1. The summed E-state index contributed by atoms with van der Waals surface area (Å²) >= 11 is 0. The number of aromatic nitrogens is 1. The third kappa shape index (κ3) is 3.41. The third-order valence-electron chi connectivity index (χ3n) is 3.37. The van der Waals surface area contributed by atoms with Gasteiger partial charge in [-0.15, -0.1) is 0 Å². The van der Waals surface area contributed by atoms with Crippen LogP contribution in [0.15, 0.2) is 42.6 Å². The van der Waals surface area contributed by atoms with Gasteiger partial charge in [-0.05, 0) is 50.2 Å². The molecule has 0 atom stereocenters. The van der Waals surface area contributed by atoms with E-state index >= 15 is 0 Å². The van der Waals surface area contributed by atoms with Crippen molar-refractivity contribution < 1.29 is 4.79 Å². The maximum absolute atomic E-state index is 12.2. The maximum atomic E-state index is 12.2. The van der Waals surface area contributed by atoms with E-state index in [2.05, 4.69) is 16.4 Å². The molecule has 1 heterocycles. The van der Waals surface area contributed by atoms with Crippen molar-refractivity contribution in [1.82, 2.24) is 9.88 Å². The van der Waals surface area contributed by atoms with Gasteiger partial charge in [0.2, 0.25) is 0 Å². The molecule has 2 rings (SSSR count). The molecule has 1 N–H and O–H groups in total. The number of amides is 1. The van der Waals surface area contributed by atoms with Crippen molar-refractivity contribution >= 4 is 17.4 Å². The molecule has 0 bridgehead atoms. The van der Waals surface area contributed by atoms with Crippen LogP contribution in [0.5, 0.6) is 0 Å². The highest BCUT2D eigenvalue weighted by molar-refractivity contribution is 5.94. The molecule has 1 amide bonds. The summed E-state index contributed by atoms with van der Waals surface area (Å²) in [5, 5.41) is 12.1. The topological polar surface area (TPSA) is 69.0 Å². The fraction of sp³-hybridized carbons (Fsp3) is 0.235. The standard InChI is InChI=1S/C17H18N4O/c1-3-21(4-2)17(22)13-7-9-15(10-8-13)20-16-14(12-18)6-5-11-19-16/h5-11H,3-4H2,1-2H3,(H,19,20). The first-order valence-corrected chi connectivity index (χ1v) is 7.21. The molecule has 5 nitrogen and oxygen atoms in total. The predicted molar refractivity (Wildman–Crippen MR) is 85.9 cm³/mol. The van der Waals surface area contributed by atoms with Gasteiger partial charge < -0.3 is 10.2 Å². The minimum Gasteiger partial charge on any atom is -0.339 e. The molecule has 0 aliphatic carbocycles. The van der Waals surface area contributed by atoms with E-state index < -0.39 is 0 Å². The first-order valence-electron chi connectivity index (χ1n) is 7.21. The van der Waals surface area contributed by atoms with Gasteiger partial charge in [0.15, 0.2) is 0 Å². The number of benzene rings is 1. The normalized spacial score (nSPS) is 9.86. The first kappa shape index (κ1) is 15.5. The smallest absolute Gasteiger partial charge is 0.253 e. The lowest BCUT2D eigenvalue weighted by Gasteiger charge is -2.18. The molecule has 0 aliphatic heterocycles.